The lowest BCUT2D eigenvalue weighted by Gasteiger charge is -2.33. The summed E-state index contributed by atoms with van der Waals surface area (Å²) in [6, 6.07) is 4.24. The van der Waals surface area contributed by atoms with E-state index in [2.05, 4.69) is 10.2 Å². The van der Waals surface area contributed by atoms with Gasteiger partial charge < -0.3 is 14.1 Å². The average molecular weight is 424 g/mol. The molecular formula is C18H24N4O6S. The van der Waals surface area contributed by atoms with Crippen molar-refractivity contribution in [2.75, 3.05) is 32.8 Å². The van der Waals surface area contributed by atoms with Gasteiger partial charge in [0.15, 0.2) is 0 Å². The highest BCUT2D eigenvalue weighted by molar-refractivity contribution is 7.89. The molecule has 2 aromatic rings. The summed E-state index contributed by atoms with van der Waals surface area (Å²) in [7, 11) is -3.91. The summed E-state index contributed by atoms with van der Waals surface area (Å²) in [5, 5.41) is 6.58. The summed E-state index contributed by atoms with van der Waals surface area (Å²) in [4.78, 5) is 25.8. The fraction of sp³-hybridized carbons (Fsp3) is 0.500. The molecule has 0 spiro atoms. The van der Waals surface area contributed by atoms with Crippen LogP contribution in [0.5, 0.6) is 0 Å². The molecule has 11 heteroatoms. The number of aryl methyl sites for hydroxylation is 1. The van der Waals surface area contributed by atoms with Crippen molar-refractivity contribution in [1.82, 2.24) is 19.4 Å². The van der Waals surface area contributed by atoms with Gasteiger partial charge in [0.05, 0.1) is 6.61 Å². The molecule has 1 N–H and O–H groups in total. The third-order valence-corrected chi connectivity index (χ3v) is 6.32. The summed E-state index contributed by atoms with van der Waals surface area (Å²) < 4.78 is 36.7. The predicted molar refractivity (Wildman–Crippen MR) is 102 cm³/mol. The summed E-state index contributed by atoms with van der Waals surface area (Å²) in [6.45, 7) is 4.56. The first-order valence-corrected chi connectivity index (χ1v) is 10.9. The minimum absolute atomic E-state index is 0.121. The second-order valence-electron chi connectivity index (χ2n) is 6.56. The Morgan fingerprint density at radius 2 is 1.93 bits per heavy atom. The molecule has 0 aromatic carbocycles. The number of carbonyl (C=O) groups is 2. The third-order valence-electron chi connectivity index (χ3n) is 4.55. The van der Waals surface area contributed by atoms with Crippen LogP contribution in [-0.4, -0.2) is 72.5 Å². The van der Waals surface area contributed by atoms with Crippen molar-refractivity contribution in [2.24, 2.45) is 0 Å². The fourth-order valence-electron chi connectivity index (χ4n) is 3.06. The standard InChI is InChI=1S/C18H24N4O6S/c1-3-5-13-12-14(20-19-13)17(23)21-8-10-22(11-9-21)29(25,26)16-7-6-15(28-16)18(24)27-4-2/h6-7,12H,3-5,8-11H2,1-2H3,(H,19,20). The van der Waals surface area contributed by atoms with Crippen LogP contribution in [0.4, 0.5) is 0 Å². The molecule has 1 aliphatic heterocycles. The Morgan fingerprint density at radius 3 is 2.59 bits per heavy atom. The van der Waals surface area contributed by atoms with Gasteiger partial charge in [-0.15, -0.1) is 0 Å². The van der Waals surface area contributed by atoms with Gasteiger partial charge in [0.25, 0.3) is 15.9 Å². The summed E-state index contributed by atoms with van der Waals surface area (Å²) >= 11 is 0. The number of nitrogens with zero attached hydrogens (tertiary/aromatic N) is 3. The van der Waals surface area contributed by atoms with Gasteiger partial charge in [-0.25, -0.2) is 13.2 Å². The zero-order valence-corrected chi connectivity index (χ0v) is 17.2. The Kier molecular flexibility index (Phi) is 6.38. The summed E-state index contributed by atoms with van der Waals surface area (Å²) in [5.41, 5.74) is 1.22. The Morgan fingerprint density at radius 1 is 1.21 bits per heavy atom. The molecule has 0 unspecified atom stereocenters. The number of hydrogen-bond donors (Lipinski definition) is 1. The second-order valence-corrected chi connectivity index (χ2v) is 8.43. The van der Waals surface area contributed by atoms with Crippen LogP contribution >= 0.6 is 0 Å². The van der Waals surface area contributed by atoms with Crippen LogP contribution in [0.15, 0.2) is 27.7 Å². The van der Waals surface area contributed by atoms with Crippen LogP contribution in [0.25, 0.3) is 0 Å². The Bertz CT molecular complexity index is 972. The number of H-pyrrole nitrogens is 1. The number of furan rings is 1. The Hall–Kier alpha value is -2.66. The molecule has 158 valence electrons. The number of hydrogen-bond acceptors (Lipinski definition) is 7. The highest BCUT2D eigenvalue weighted by Crippen LogP contribution is 2.21. The average Bonchev–Trinajstić information content (AvgIpc) is 3.38. The van der Waals surface area contributed by atoms with Crippen LogP contribution in [0.2, 0.25) is 0 Å². The minimum Gasteiger partial charge on any atom is -0.460 e. The lowest BCUT2D eigenvalue weighted by Crippen LogP contribution is -2.50. The Balaban J connectivity index is 1.63. The number of carbonyl (C=O) groups excluding carboxylic acids is 2. The van der Waals surface area contributed by atoms with Gasteiger partial charge in [0.1, 0.15) is 5.69 Å². The summed E-state index contributed by atoms with van der Waals surface area (Å²) in [6.07, 6.45) is 1.75. The number of nitrogens with one attached hydrogen (secondary N) is 1. The number of rotatable bonds is 7. The monoisotopic (exact) mass is 424 g/mol. The lowest BCUT2D eigenvalue weighted by molar-refractivity contribution is 0.0483. The van der Waals surface area contributed by atoms with Crippen LogP contribution in [0, 0.1) is 0 Å². The maximum Gasteiger partial charge on any atom is 0.374 e. The zero-order chi connectivity index (χ0) is 21.0. The van der Waals surface area contributed by atoms with E-state index >= 15 is 0 Å². The molecule has 0 atom stereocenters. The van der Waals surface area contributed by atoms with Gasteiger partial charge in [-0.2, -0.15) is 9.40 Å². The van der Waals surface area contributed by atoms with Gasteiger partial charge in [0, 0.05) is 31.9 Å². The quantitative estimate of drug-likeness (QED) is 0.664. The lowest BCUT2D eigenvalue weighted by atomic mass is 10.2. The first kappa shape index (κ1) is 21.1. The van der Waals surface area contributed by atoms with Crippen molar-refractivity contribution in [1.29, 1.82) is 0 Å². The first-order chi connectivity index (χ1) is 13.9. The van der Waals surface area contributed by atoms with E-state index in [1.807, 2.05) is 6.92 Å². The predicted octanol–water partition coefficient (Wildman–Crippen LogP) is 1.28. The molecule has 1 amide bonds. The molecule has 10 nitrogen and oxygen atoms in total. The van der Waals surface area contributed by atoms with Crippen LogP contribution in [0.3, 0.4) is 0 Å². The smallest absolute Gasteiger partial charge is 0.374 e. The molecule has 1 fully saturated rings. The maximum absolute atomic E-state index is 12.8. The SMILES string of the molecule is CCCc1cc(C(=O)N2CCN(S(=O)(=O)c3ccc(C(=O)OCC)o3)CC2)n[nH]1. The van der Waals surface area contributed by atoms with Gasteiger partial charge in [-0.05, 0) is 31.5 Å². The van der Waals surface area contributed by atoms with Crippen LogP contribution in [0.1, 0.15) is 47.0 Å². The number of aromatic nitrogens is 2. The van der Waals surface area contributed by atoms with Gasteiger partial charge in [0.2, 0.25) is 10.9 Å². The largest absolute Gasteiger partial charge is 0.460 e. The molecule has 1 aliphatic rings. The van der Waals surface area contributed by atoms with Crippen LogP contribution < -0.4 is 0 Å². The number of piperazine rings is 1. The highest BCUT2D eigenvalue weighted by Gasteiger charge is 2.33. The number of sulfonamides is 1. The van der Waals surface area contributed by atoms with Gasteiger partial charge >= 0.3 is 5.97 Å². The molecule has 0 bridgehead atoms. The summed E-state index contributed by atoms with van der Waals surface area (Å²) in [5.74, 6) is -1.12. The molecule has 0 saturated carbocycles. The van der Waals surface area contributed by atoms with Gasteiger partial charge in [-0.3, -0.25) is 9.89 Å². The maximum atomic E-state index is 12.8. The number of aromatic amines is 1. The zero-order valence-electron chi connectivity index (χ0n) is 16.4. The molecule has 2 aromatic heterocycles. The Labute approximate surface area is 168 Å². The molecule has 29 heavy (non-hydrogen) atoms. The molecular weight excluding hydrogens is 400 g/mol. The van der Waals surface area contributed by atoms with Crippen molar-refractivity contribution < 1.29 is 27.2 Å². The van der Waals surface area contributed by atoms with Crippen molar-refractivity contribution >= 4 is 21.9 Å². The van der Waals surface area contributed by atoms with E-state index in [1.54, 1.807) is 17.9 Å². The van der Waals surface area contributed by atoms with Crippen molar-refractivity contribution in [3.63, 3.8) is 0 Å². The van der Waals surface area contributed by atoms with E-state index < -0.39 is 16.0 Å². The van der Waals surface area contributed by atoms with E-state index in [9.17, 15) is 18.0 Å². The van der Waals surface area contributed by atoms with E-state index in [1.165, 1.54) is 16.4 Å². The third kappa shape index (κ3) is 4.51. The normalized spacial score (nSPS) is 15.4. The van der Waals surface area contributed by atoms with Gasteiger partial charge in [-0.1, -0.05) is 13.3 Å². The van der Waals surface area contributed by atoms with Crippen molar-refractivity contribution in [3.05, 3.63) is 35.3 Å². The van der Waals surface area contributed by atoms with E-state index in [-0.39, 0.29) is 49.5 Å². The fourth-order valence-corrected chi connectivity index (χ4v) is 4.39. The first-order valence-electron chi connectivity index (χ1n) is 9.47. The topological polar surface area (TPSA) is 126 Å². The number of amides is 1. The molecule has 3 heterocycles. The molecule has 3 rings (SSSR count). The van der Waals surface area contributed by atoms with E-state index in [4.69, 9.17) is 9.15 Å². The molecule has 0 aliphatic carbocycles. The van der Waals surface area contributed by atoms with Crippen molar-refractivity contribution in [2.45, 2.75) is 31.8 Å². The highest BCUT2D eigenvalue weighted by atomic mass is 32.2. The van der Waals surface area contributed by atoms with E-state index in [0.29, 0.717) is 5.69 Å². The second kappa shape index (κ2) is 8.78. The molecule has 0 radical (unpaired) electrons. The van der Waals surface area contributed by atoms with E-state index in [0.717, 1.165) is 18.5 Å². The molecule has 1 saturated heterocycles. The number of esters is 1. The minimum atomic E-state index is -3.91. The van der Waals surface area contributed by atoms with Crippen molar-refractivity contribution in [3.8, 4) is 0 Å². The number of ether oxygens (including phenoxy) is 1. The van der Waals surface area contributed by atoms with Crippen LogP contribution in [-0.2, 0) is 21.2 Å².